The first-order valence-electron chi connectivity index (χ1n) is 4.60. The Labute approximate surface area is 86.8 Å². The first-order valence-corrected chi connectivity index (χ1v) is 4.60. The molecule has 0 atom stereocenters. The quantitative estimate of drug-likeness (QED) is 0.331. The number of amidine groups is 1. The zero-order chi connectivity index (χ0) is 10.8. The zero-order valence-electron chi connectivity index (χ0n) is 8.38. The number of aryl methyl sites for hydroxylation is 1. The summed E-state index contributed by atoms with van der Waals surface area (Å²) in [5.41, 5.74) is 8.52. The Morgan fingerprint density at radius 1 is 1.60 bits per heavy atom. The second-order valence-electron chi connectivity index (χ2n) is 3.47. The number of hydrogen-bond donors (Lipinski definition) is 2. The van der Waals surface area contributed by atoms with Crippen LogP contribution in [0.1, 0.15) is 11.1 Å². The van der Waals surface area contributed by atoms with Gasteiger partial charge in [-0.3, -0.25) is 0 Å². The molecule has 0 saturated heterocycles. The van der Waals surface area contributed by atoms with Crippen LogP contribution in [-0.2, 0) is 6.42 Å². The molecule has 2 aromatic rings. The first kappa shape index (κ1) is 9.51. The molecule has 2 rings (SSSR count). The lowest BCUT2D eigenvalue weighted by molar-refractivity contribution is 0.317. The van der Waals surface area contributed by atoms with Crippen LogP contribution in [0.25, 0.3) is 5.52 Å². The standard InChI is InChI=1S/C10H12N4O/c1-7-2-3-9-8(4-10(11)13-15)5-12-14(9)6-7/h2-3,5-6,15H,4H2,1H3,(H2,11,13). The minimum absolute atomic E-state index is 0.186. The van der Waals surface area contributed by atoms with E-state index in [-0.39, 0.29) is 5.84 Å². The highest BCUT2D eigenvalue weighted by Gasteiger charge is 2.05. The summed E-state index contributed by atoms with van der Waals surface area (Å²) in [5, 5.41) is 15.6. The Kier molecular flexibility index (Phi) is 2.29. The van der Waals surface area contributed by atoms with Crippen LogP contribution in [0.3, 0.4) is 0 Å². The number of rotatable bonds is 2. The van der Waals surface area contributed by atoms with E-state index in [9.17, 15) is 0 Å². The van der Waals surface area contributed by atoms with Gasteiger partial charge in [0.05, 0.1) is 11.7 Å². The molecule has 0 aromatic carbocycles. The smallest absolute Gasteiger partial charge is 0.143 e. The molecule has 0 bridgehead atoms. The van der Waals surface area contributed by atoms with Gasteiger partial charge < -0.3 is 10.9 Å². The summed E-state index contributed by atoms with van der Waals surface area (Å²) in [6.07, 6.45) is 4.07. The van der Waals surface area contributed by atoms with Crippen LogP contribution in [0.15, 0.2) is 29.7 Å². The molecular weight excluding hydrogens is 192 g/mol. The molecule has 78 valence electrons. The van der Waals surface area contributed by atoms with Gasteiger partial charge in [0.1, 0.15) is 5.84 Å². The van der Waals surface area contributed by atoms with Gasteiger partial charge in [0, 0.05) is 18.2 Å². The van der Waals surface area contributed by atoms with E-state index in [1.807, 2.05) is 25.3 Å². The number of nitrogens with two attached hydrogens (primary N) is 1. The predicted molar refractivity (Wildman–Crippen MR) is 57.0 cm³/mol. The fourth-order valence-corrected chi connectivity index (χ4v) is 1.51. The molecule has 15 heavy (non-hydrogen) atoms. The van der Waals surface area contributed by atoms with Crippen molar-refractivity contribution in [3.05, 3.63) is 35.7 Å². The Morgan fingerprint density at radius 2 is 2.40 bits per heavy atom. The van der Waals surface area contributed by atoms with Crippen molar-refractivity contribution in [2.75, 3.05) is 0 Å². The van der Waals surface area contributed by atoms with Gasteiger partial charge in [-0.15, -0.1) is 0 Å². The van der Waals surface area contributed by atoms with Gasteiger partial charge in [0.25, 0.3) is 0 Å². The zero-order valence-corrected chi connectivity index (χ0v) is 8.38. The molecule has 0 fully saturated rings. The number of nitrogens with zero attached hydrogens (tertiary/aromatic N) is 3. The SMILES string of the molecule is Cc1ccc2c(C/C(N)=N/O)cnn2c1. The topological polar surface area (TPSA) is 75.9 Å². The molecule has 0 aliphatic rings. The minimum atomic E-state index is 0.186. The summed E-state index contributed by atoms with van der Waals surface area (Å²) in [5.74, 6) is 0.186. The van der Waals surface area contributed by atoms with Gasteiger partial charge in [0.15, 0.2) is 0 Å². The van der Waals surface area contributed by atoms with E-state index in [0.29, 0.717) is 6.42 Å². The van der Waals surface area contributed by atoms with E-state index in [2.05, 4.69) is 10.3 Å². The van der Waals surface area contributed by atoms with E-state index in [0.717, 1.165) is 16.6 Å². The highest BCUT2D eigenvalue weighted by molar-refractivity contribution is 5.83. The lowest BCUT2D eigenvalue weighted by Crippen LogP contribution is -2.14. The van der Waals surface area contributed by atoms with Crippen molar-refractivity contribution in [3.8, 4) is 0 Å². The molecule has 0 spiro atoms. The van der Waals surface area contributed by atoms with Crippen molar-refractivity contribution < 1.29 is 5.21 Å². The normalized spacial score (nSPS) is 12.2. The third-order valence-corrected chi connectivity index (χ3v) is 2.24. The molecule has 0 radical (unpaired) electrons. The molecule has 0 aliphatic heterocycles. The number of fused-ring (bicyclic) bond motifs is 1. The maximum absolute atomic E-state index is 8.49. The Bertz CT molecular complexity index is 515. The summed E-state index contributed by atoms with van der Waals surface area (Å²) in [7, 11) is 0. The molecule has 3 N–H and O–H groups in total. The van der Waals surface area contributed by atoms with Crippen LogP contribution in [-0.4, -0.2) is 20.7 Å². The second-order valence-corrected chi connectivity index (χ2v) is 3.47. The molecule has 0 unspecified atom stereocenters. The molecule has 0 amide bonds. The largest absolute Gasteiger partial charge is 0.409 e. The molecule has 5 nitrogen and oxygen atoms in total. The minimum Gasteiger partial charge on any atom is -0.409 e. The van der Waals surface area contributed by atoms with Crippen molar-refractivity contribution in [1.29, 1.82) is 0 Å². The van der Waals surface area contributed by atoms with Crippen LogP contribution >= 0.6 is 0 Å². The van der Waals surface area contributed by atoms with Crippen LogP contribution in [0.4, 0.5) is 0 Å². The fraction of sp³-hybridized carbons (Fsp3) is 0.200. The van der Waals surface area contributed by atoms with Crippen LogP contribution in [0, 0.1) is 6.92 Å². The van der Waals surface area contributed by atoms with Crippen LogP contribution < -0.4 is 5.73 Å². The van der Waals surface area contributed by atoms with Gasteiger partial charge in [-0.25, -0.2) is 4.52 Å². The second kappa shape index (κ2) is 3.61. The molecule has 0 aliphatic carbocycles. The highest BCUT2D eigenvalue weighted by atomic mass is 16.4. The van der Waals surface area contributed by atoms with Crippen molar-refractivity contribution in [2.45, 2.75) is 13.3 Å². The van der Waals surface area contributed by atoms with Gasteiger partial charge in [-0.05, 0) is 18.6 Å². The van der Waals surface area contributed by atoms with Gasteiger partial charge in [0.2, 0.25) is 0 Å². The average Bonchev–Trinajstić information content (AvgIpc) is 2.60. The maximum atomic E-state index is 8.49. The fourth-order valence-electron chi connectivity index (χ4n) is 1.51. The summed E-state index contributed by atoms with van der Waals surface area (Å²) >= 11 is 0. The third-order valence-electron chi connectivity index (χ3n) is 2.24. The van der Waals surface area contributed by atoms with E-state index in [1.165, 1.54) is 0 Å². The lowest BCUT2D eigenvalue weighted by Gasteiger charge is -1.98. The third kappa shape index (κ3) is 1.76. The highest BCUT2D eigenvalue weighted by Crippen LogP contribution is 2.12. The van der Waals surface area contributed by atoms with Gasteiger partial charge in [-0.2, -0.15) is 5.10 Å². The van der Waals surface area contributed by atoms with Crippen LogP contribution in [0.5, 0.6) is 0 Å². The summed E-state index contributed by atoms with van der Waals surface area (Å²) in [6, 6.07) is 3.98. The summed E-state index contributed by atoms with van der Waals surface area (Å²) < 4.78 is 1.79. The van der Waals surface area contributed by atoms with E-state index in [1.54, 1.807) is 10.7 Å². The van der Waals surface area contributed by atoms with Crippen molar-refractivity contribution in [3.63, 3.8) is 0 Å². The predicted octanol–water partition coefficient (Wildman–Crippen LogP) is 0.932. The van der Waals surface area contributed by atoms with Crippen LogP contribution in [0.2, 0.25) is 0 Å². The molecule has 2 heterocycles. The monoisotopic (exact) mass is 204 g/mol. The number of aromatic nitrogens is 2. The van der Waals surface area contributed by atoms with E-state index < -0.39 is 0 Å². The van der Waals surface area contributed by atoms with Gasteiger partial charge >= 0.3 is 0 Å². The lowest BCUT2D eigenvalue weighted by atomic mass is 10.2. The van der Waals surface area contributed by atoms with Gasteiger partial charge in [-0.1, -0.05) is 11.2 Å². The van der Waals surface area contributed by atoms with E-state index in [4.69, 9.17) is 10.9 Å². The summed E-state index contributed by atoms with van der Waals surface area (Å²) in [6.45, 7) is 2.00. The Morgan fingerprint density at radius 3 is 3.13 bits per heavy atom. The Balaban J connectivity index is 2.45. The van der Waals surface area contributed by atoms with Crippen molar-refractivity contribution >= 4 is 11.4 Å². The number of hydrogen-bond acceptors (Lipinski definition) is 3. The number of oxime groups is 1. The molecular formula is C10H12N4O. The summed E-state index contributed by atoms with van der Waals surface area (Å²) in [4.78, 5) is 0. The van der Waals surface area contributed by atoms with Crippen molar-refractivity contribution in [2.24, 2.45) is 10.9 Å². The molecule has 2 aromatic heterocycles. The molecule has 0 saturated carbocycles. The average molecular weight is 204 g/mol. The Hall–Kier alpha value is -2.04. The first-order chi connectivity index (χ1) is 7.20. The number of pyridine rings is 1. The van der Waals surface area contributed by atoms with E-state index >= 15 is 0 Å². The van der Waals surface area contributed by atoms with Crippen molar-refractivity contribution in [1.82, 2.24) is 9.61 Å². The maximum Gasteiger partial charge on any atom is 0.143 e. The molecule has 5 heteroatoms.